The number of rotatable bonds is 4. The molecule has 3 rings (SSSR count). The van der Waals surface area contributed by atoms with Crippen LogP contribution in [0.25, 0.3) is 10.9 Å². The minimum atomic E-state index is -4.83. The monoisotopic (exact) mass is 455 g/mol. The fourth-order valence-corrected chi connectivity index (χ4v) is 3.14. The second-order valence-electron chi connectivity index (χ2n) is 7.31. The predicted octanol–water partition coefficient (Wildman–Crippen LogP) is 4.94. The smallest absolute Gasteiger partial charge is 0.378 e. The maximum Gasteiger partial charge on any atom is 0.417 e. The van der Waals surface area contributed by atoms with E-state index in [1.54, 1.807) is 0 Å². The first-order valence-electron chi connectivity index (χ1n) is 9.03. The van der Waals surface area contributed by atoms with Crippen molar-refractivity contribution in [1.29, 1.82) is 5.26 Å². The second-order valence-corrected chi connectivity index (χ2v) is 7.31. The van der Waals surface area contributed by atoms with E-state index in [1.165, 1.54) is 29.0 Å². The van der Waals surface area contributed by atoms with Crippen LogP contribution in [0.1, 0.15) is 23.6 Å². The van der Waals surface area contributed by atoms with Gasteiger partial charge in [0.05, 0.1) is 29.3 Å². The van der Waals surface area contributed by atoms with E-state index in [9.17, 15) is 36.2 Å². The number of alkyl halides is 6. The first kappa shape index (κ1) is 23.1. The van der Waals surface area contributed by atoms with Crippen molar-refractivity contribution in [2.45, 2.75) is 31.4 Å². The van der Waals surface area contributed by atoms with E-state index in [0.717, 1.165) is 31.2 Å². The molecule has 5 nitrogen and oxygen atoms in total. The van der Waals surface area contributed by atoms with Crippen LogP contribution in [0.3, 0.4) is 0 Å². The molecule has 0 fully saturated rings. The molecule has 1 atom stereocenters. The third-order valence-corrected chi connectivity index (χ3v) is 4.77. The Morgan fingerprint density at radius 2 is 1.75 bits per heavy atom. The molecule has 32 heavy (non-hydrogen) atoms. The summed E-state index contributed by atoms with van der Waals surface area (Å²) in [6.07, 6.45) is -7.97. The molecule has 1 heterocycles. The summed E-state index contributed by atoms with van der Waals surface area (Å²) in [7, 11) is 0. The zero-order valence-electron chi connectivity index (χ0n) is 16.3. The summed E-state index contributed by atoms with van der Waals surface area (Å²) in [6, 6.07) is 8.35. The largest absolute Gasteiger partial charge is 0.417 e. The van der Waals surface area contributed by atoms with Crippen LogP contribution >= 0.6 is 0 Å². The number of halogens is 6. The van der Waals surface area contributed by atoms with Crippen molar-refractivity contribution in [1.82, 2.24) is 4.57 Å². The Bertz CT molecular complexity index is 1220. The maximum atomic E-state index is 13.1. The van der Waals surface area contributed by atoms with Gasteiger partial charge in [0.2, 0.25) is 0 Å². The number of nitriles is 1. The quantitative estimate of drug-likeness (QED) is 0.547. The van der Waals surface area contributed by atoms with Crippen molar-refractivity contribution in [3.05, 3.63) is 65.4 Å². The average Bonchev–Trinajstić information content (AvgIpc) is 3.08. The molecule has 168 valence electrons. The number of aromatic nitrogens is 1. The highest BCUT2D eigenvalue weighted by molar-refractivity contribution is 5.97. The van der Waals surface area contributed by atoms with Crippen molar-refractivity contribution >= 4 is 22.5 Å². The molecular formula is C21H15F6N3O2. The van der Waals surface area contributed by atoms with Gasteiger partial charge in [-0.1, -0.05) is 0 Å². The highest BCUT2D eigenvalue weighted by Gasteiger charge is 2.36. The van der Waals surface area contributed by atoms with Gasteiger partial charge in [0.15, 0.2) is 5.60 Å². The van der Waals surface area contributed by atoms with Gasteiger partial charge in [-0.25, -0.2) is 0 Å². The molecule has 1 aromatic heterocycles. The Balaban J connectivity index is 1.83. The lowest BCUT2D eigenvalue weighted by molar-refractivity contribution is -0.138. The van der Waals surface area contributed by atoms with Crippen LogP contribution in [0.4, 0.5) is 32.0 Å². The van der Waals surface area contributed by atoms with E-state index in [4.69, 9.17) is 5.26 Å². The second kappa shape index (κ2) is 7.87. The number of nitrogens with one attached hydrogen (secondary N) is 1. The Hall–Kier alpha value is -3.52. The third-order valence-electron chi connectivity index (χ3n) is 4.77. The topological polar surface area (TPSA) is 78.1 Å². The molecule has 0 spiro atoms. The van der Waals surface area contributed by atoms with Gasteiger partial charge in [0.1, 0.15) is 0 Å². The zero-order valence-corrected chi connectivity index (χ0v) is 16.3. The highest BCUT2D eigenvalue weighted by atomic mass is 19.4. The summed E-state index contributed by atoms with van der Waals surface area (Å²) >= 11 is 0. The van der Waals surface area contributed by atoms with Crippen LogP contribution in [0.15, 0.2) is 48.7 Å². The van der Waals surface area contributed by atoms with E-state index < -0.39 is 40.6 Å². The average molecular weight is 455 g/mol. The van der Waals surface area contributed by atoms with E-state index in [2.05, 4.69) is 5.32 Å². The molecule has 11 heteroatoms. The fraction of sp³-hybridized carbons (Fsp3) is 0.238. The molecule has 0 aliphatic rings. The van der Waals surface area contributed by atoms with Crippen molar-refractivity contribution in [3.63, 3.8) is 0 Å². The molecule has 0 aliphatic heterocycles. The maximum absolute atomic E-state index is 13.1. The van der Waals surface area contributed by atoms with Crippen molar-refractivity contribution in [2.75, 3.05) is 5.32 Å². The number of benzene rings is 2. The highest BCUT2D eigenvalue weighted by Crippen LogP contribution is 2.34. The SMILES string of the molecule is C[C@](O)(Cn1ccc2cc(C(F)(F)F)ccc21)C(=O)Nc1ccc(C#N)c(C(F)(F)F)c1. The lowest BCUT2D eigenvalue weighted by atomic mass is 10.0. The zero-order chi connectivity index (χ0) is 23.9. The first-order valence-corrected chi connectivity index (χ1v) is 9.03. The molecule has 1 amide bonds. The number of anilines is 1. The Morgan fingerprint density at radius 1 is 1.06 bits per heavy atom. The number of carbonyl (C=O) groups excluding carboxylic acids is 1. The normalized spacial score (nSPS) is 14.1. The van der Waals surface area contributed by atoms with Gasteiger partial charge in [-0.05, 0) is 49.4 Å². The Kier molecular flexibility index (Phi) is 5.69. The van der Waals surface area contributed by atoms with Crippen LogP contribution in [0, 0.1) is 11.3 Å². The van der Waals surface area contributed by atoms with Gasteiger partial charge in [0, 0.05) is 22.8 Å². The van der Waals surface area contributed by atoms with Gasteiger partial charge in [-0.3, -0.25) is 4.79 Å². The third kappa shape index (κ3) is 4.70. The Labute approximate surface area is 177 Å². The van der Waals surface area contributed by atoms with Crippen LogP contribution < -0.4 is 5.32 Å². The molecule has 0 unspecified atom stereocenters. The molecule has 3 aromatic rings. The molecule has 2 aromatic carbocycles. The van der Waals surface area contributed by atoms with E-state index >= 15 is 0 Å². The molecule has 2 N–H and O–H groups in total. The van der Waals surface area contributed by atoms with Crippen LogP contribution in [0.2, 0.25) is 0 Å². The molecule has 0 saturated heterocycles. The fourth-order valence-electron chi connectivity index (χ4n) is 3.14. The summed E-state index contributed by atoms with van der Waals surface area (Å²) in [6.45, 7) is 0.739. The van der Waals surface area contributed by atoms with Crippen LogP contribution in [-0.4, -0.2) is 21.2 Å². The number of amides is 1. The summed E-state index contributed by atoms with van der Waals surface area (Å²) in [5, 5.41) is 21.8. The molecule has 0 aliphatic carbocycles. The minimum absolute atomic E-state index is 0.234. The number of hydrogen-bond donors (Lipinski definition) is 2. The van der Waals surface area contributed by atoms with Crippen LogP contribution in [-0.2, 0) is 23.7 Å². The molecule has 0 bridgehead atoms. The molecular weight excluding hydrogens is 440 g/mol. The van der Waals surface area contributed by atoms with E-state index in [-0.39, 0.29) is 17.6 Å². The van der Waals surface area contributed by atoms with Gasteiger partial charge in [-0.2, -0.15) is 31.6 Å². The lowest BCUT2D eigenvalue weighted by Gasteiger charge is -2.24. The molecule has 0 saturated carbocycles. The summed E-state index contributed by atoms with van der Waals surface area (Å²) in [5.74, 6) is -1.04. The van der Waals surface area contributed by atoms with Gasteiger partial charge < -0.3 is 15.0 Å². The standard InChI is InChI=1S/C21H15F6N3O2/c1-19(32,11-30-7-6-12-8-14(20(22,23)24)3-5-17(12)30)18(31)29-15-4-2-13(10-28)16(9-15)21(25,26)27/h2-9,32H,11H2,1H3,(H,29,31)/t19-/m0/s1. The van der Waals surface area contributed by atoms with Gasteiger partial charge >= 0.3 is 12.4 Å². The minimum Gasteiger partial charge on any atom is -0.378 e. The van der Waals surface area contributed by atoms with Crippen molar-refractivity contribution in [2.24, 2.45) is 0 Å². The van der Waals surface area contributed by atoms with Gasteiger partial charge in [-0.15, -0.1) is 0 Å². The van der Waals surface area contributed by atoms with E-state index in [0.29, 0.717) is 11.6 Å². The van der Waals surface area contributed by atoms with E-state index in [1.807, 2.05) is 0 Å². The summed E-state index contributed by atoms with van der Waals surface area (Å²) in [4.78, 5) is 12.5. The van der Waals surface area contributed by atoms with Gasteiger partial charge in [0.25, 0.3) is 5.91 Å². The summed E-state index contributed by atoms with van der Waals surface area (Å²) in [5.41, 5.74) is -4.80. The number of hydrogen-bond acceptors (Lipinski definition) is 3. The van der Waals surface area contributed by atoms with Crippen LogP contribution in [0.5, 0.6) is 0 Å². The number of fused-ring (bicyclic) bond motifs is 1. The van der Waals surface area contributed by atoms with Crippen molar-refractivity contribution < 1.29 is 36.2 Å². The molecule has 0 radical (unpaired) electrons. The number of carbonyl (C=O) groups is 1. The van der Waals surface area contributed by atoms with Crippen molar-refractivity contribution in [3.8, 4) is 6.07 Å². The Morgan fingerprint density at radius 3 is 2.34 bits per heavy atom. The lowest BCUT2D eigenvalue weighted by Crippen LogP contribution is -2.43. The predicted molar refractivity (Wildman–Crippen MR) is 102 cm³/mol. The number of nitrogens with zero attached hydrogens (tertiary/aromatic N) is 2. The first-order chi connectivity index (χ1) is 14.7. The number of aliphatic hydroxyl groups is 1. The summed E-state index contributed by atoms with van der Waals surface area (Å²) < 4.78 is 79.3.